The second-order valence-corrected chi connectivity index (χ2v) is 8.23. The van der Waals surface area contributed by atoms with Gasteiger partial charge in [0, 0.05) is 22.1 Å². The first-order valence-electron chi connectivity index (χ1n) is 10.9. The number of ether oxygens (including phenoxy) is 1. The van der Waals surface area contributed by atoms with Gasteiger partial charge in [0.25, 0.3) is 0 Å². The van der Waals surface area contributed by atoms with Gasteiger partial charge in [0.1, 0.15) is 5.75 Å². The summed E-state index contributed by atoms with van der Waals surface area (Å²) in [6, 6.07) is 24.8. The summed E-state index contributed by atoms with van der Waals surface area (Å²) >= 11 is 0. The van der Waals surface area contributed by atoms with Gasteiger partial charge in [-0.05, 0) is 96.4 Å². The zero-order valence-electron chi connectivity index (χ0n) is 18.2. The zero-order chi connectivity index (χ0) is 22.2. The first kappa shape index (κ1) is 19.3. The van der Waals surface area contributed by atoms with Gasteiger partial charge in [-0.1, -0.05) is 12.1 Å². The smallest absolute Gasteiger partial charge is 0.118 e. The van der Waals surface area contributed by atoms with E-state index >= 15 is 0 Å². The number of H-pyrrole nitrogens is 2. The van der Waals surface area contributed by atoms with Gasteiger partial charge in [-0.2, -0.15) is 0 Å². The summed E-state index contributed by atoms with van der Waals surface area (Å²) in [4.78, 5) is 16.5. The lowest BCUT2D eigenvalue weighted by molar-refractivity contribution is 0.414. The Hall–Kier alpha value is -4.38. The van der Waals surface area contributed by atoms with E-state index in [9.17, 15) is 0 Å². The van der Waals surface area contributed by atoms with Crippen molar-refractivity contribution in [3.8, 4) is 5.75 Å². The molecule has 0 atom stereocenters. The minimum Gasteiger partial charge on any atom is -0.497 e. The Kier molecular flexibility index (Phi) is 4.65. The number of fused-ring (bicyclic) bond motifs is 8. The molecular weight excluding hydrogens is 408 g/mol. The summed E-state index contributed by atoms with van der Waals surface area (Å²) in [6.07, 6.45) is 7.01. The van der Waals surface area contributed by atoms with Crippen molar-refractivity contribution in [3.63, 3.8) is 0 Å². The molecule has 0 saturated heterocycles. The average molecular weight is 431 g/mol. The highest BCUT2D eigenvalue weighted by atomic mass is 16.5. The number of benzene rings is 1. The lowest BCUT2D eigenvalue weighted by atomic mass is 10.0. The van der Waals surface area contributed by atoms with E-state index in [-0.39, 0.29) is 0 Å². The molecule has 6 rings (SSSR count). The quantitative estimate of drug-likeness (QED) is 0.354. The lowest BCUT2D eigenvalue weighted by Gasteiger charge is -2.04. The molecule has 2 aliphatic heterocycles. The average Bonchev–Trinajstić information content (AvgIpc) is 3.60. The Bertz CT molecular complexity index is 1570. The van der Waals surface area contributed by atoms with Gasteiger partial charge in [-0.15, -0.1) is 0 Å². The van der Waals surface area contributed by atoms with Crippen molar-refractivity contribution in [3.05, 3.63) is 101 Å². The van der Waals surface area contributed by atoms with Gasteiger partial charge >= 0.3 is 0 Å². The van der Waals surface area contributed by atoms with Crippen molar-refractivity contribution in [1.82, 2.24) is 19.9 Å². The number of methoxy groups -OCH3 is 1. The van der Waals surface area contributed by atoms with Gasteiger partial charge in [0.05, 0.1) is 29.9 Å². The molecule has 0 amide bonds. The van der Waals surface area contributed by atoms with E-state index in [4.69, 9.17) is 14.7 Å². The first-order chi connectivity index (χ1) is 16.2. The van der Waals surface area contributed by atoms with Crippen LogP contribution in [0.15, 0.2) is 72.8 Å². The van der Waals surface area contributed by atoms with Crippen LogP contribution >= 0.6 is 0 Å². The SMILES string of the molecule is COc1ccc(CC2=Cc3cc4ccc(cc5nc(cc6ccc(cc2n3)[nH]6)C=C5)[nH]4)cc1. The maximum absolute atomic E-state index is 5.30. The summed E-state index contributed by atoms with van der Waals surface area (Å²) < 4.78 is 5.30. The molecule has 4 aromatic rings. The second-order valence-electron chi connectivity index (χ2n) is 8.23. The molecule has 0 saturated carbocycles. The highest BCUT2D eigenvalue weighted by Gasteiger charge is 2.12. The highest BCUT2D eigenvalue weighted by Crippen LogP contribution is 2.27. The van der Waals surface area contributed by atoms with Crippen LogP contribution in [0.1, 0.15) is 28.3 Å². The van der Waals surface area contributed by atoms with Crippen molar-refractivity contribution in [2.45, 2.75) is 6.42 Å². The van der Waals surface area contributed by atoms with E-state index in [0.29, 0.717) is 0 Å². The molecule has 160 valence electrons. The monoisotopic (exact) mass is 430 g/mol. The molecule has 3 aromatic heterocycles. The van der Waals surface area contributed by atoms with Crippen molar-refractivity contribution >= 4 is 45.9 Å². The number of rotatable bonds is 3. The van der Waals surface area contributed by atoms with E-state index in [1.807, 2.05) is 30.4 Å². The Morgan fingerprint density at radius 3 is 1.85 bits per heavy atom. The fourth-order valence-corrected chi connectivity index (χ4v) is 4.18. The molecule has 1 aromatic carbocycles. The number of hydrogen-bond acceptors (Lipinski definition) is 3. The van der Waals surface area contributed by atoms with Crippen LogP contribution in [0.2, 0.25) is 0 Å². The van der Waals surface area contributed by atoms with Gasteiger partial charge in [0.2, 0.25) is 0 Å². The van der Waals surface area contributed by atoms with Crippen LogP contribution in [0.25, 0.3) is 45.9 Å². The van der Waals surface area contributed by atoms with E-state index in [1.165, 1.54) is 11.1 Å². The van der Waals surface area contributed by atoms with Crippen LogP contribution in [0.5, 0.6) is 5.75 Å². The Morgan fingerprint density at radius 1 is 0.667 bits per heavy atom. The molecule has 0 aliphatic carbocycles. The Balaban J connectivity index is 1.52. The normalized spacial score (nSPS) is 12.6. The minimum atomic E-state index is 0.792. The summed E-state index contributed by atoms with van der Waals surface area (Å²) in [7, 11) is 1.69. The maximum atomic E-state index is 5.30. The molecule has 0 fully saturated rings. The number of hydrogen-bond donors (Lipinski definition) is 2. The number of allylic oxidation sites excluding steroid dienone is 1. The number of aromatic nitrogens is 4. The third kappa shape index (κ3) is 4.08. The third-order valence-electron chi connectivity index (χ3n) is 5.80. The molecule has 2 aliphatic rings. The number of aromatic amines is 2. The maximum Gasteiger partial charge on any atom is 0.118 e. The lowest BCUT2D eigenvalue weighted by Crippen LogP contribution is -1.90. The zero-order valence-corrected chi connectivity index (χ0v) is 18.2. The minimum absolute atomic E-state index is 0.792. The van der Waals surface area contributed by atoms with Crippen molar-refractivity contribution < 1.29 is 4.74 Å². The Morgan fingerprint density at radius 2 is 1.24 bits per heavy atom. The second kappa shape index (κ2) is 7.95. The van der Waals surface area contributed by atoms with Gasteiger partial charge < -0.3 is 14.7 Å². The van der Waals surface area contributed by atoms with E-state index in [0.717, 1.165) is 57.0 Å². The van der Waals surface area contributed by atoms with Crippen LogP contribution in [0, 0.1) is 0 Å². The molecule has 33 heavy (non-hydrogen) atoms. The standard InChI is InChI=1S/C28H22N4O/c1-33-27-10-2-18(3-11-27)12-19-13-26-16-24-7-6-22(30-24)14-20-4-5-21(29-20)15-23-8-9-25(31-23)17-28(19)32-26/h2-11,13-17,30-31H,12H2,1H3. The van der Waals surface area contributed by atoms with E-state index < -0.39 is 0 Å². The van der Waals surface area contributed by atoms with Crippen LogP contribution in [-0.2, 0) is 6.42 Å². The molecule has 5 heterocycles. The molecule has 8 bridgehead atoms. The molecule has 0 unspecified atom stereocenters. The van der Waals surface area contributed by atoms with Crippen LogP contribution in [0.3, 0.4) is 0 Å². The van der Waals surface area contributed by atoms with Crippen LogP contribution < -0.4 is 4.74 Å². The largest absolute Gasteiger partial charge is 0.497 e. The number of nitrogens with one attached hydrogen (secondary N) is 2. The van der Waals surface area contributed by atoms with Gasteiger partial charge in [0.15, 0.2) is 0 Å². The summed E-state index contributed by atoms with van der Waals surface area (Å²) in [6.45, 7) is 0. The molecule has 2 N–H and O–H groups in total. The van der Waals surface area contributed by atoms with E-state index in [2.05, 4.69) is 70.6 Å². The van der Waals surface area contributed by atoms with E-state index in [1.54, 1.807) is 7.11 Å². The molecule has 5 nitrogen and oxygen atoms in total. The van der Waals surface area contributed by atoms with Crippen molar-refractivity contribution in [1.29, 1.82) is 0 Å². The number of nitrogens with zero attached hydrogens (tertiary/aromatic N) is 2. The predicted molar refractivity (Wildman–Crippen MR) is 134 cm³/mol. The van der Waals surface area contributed by atoms with Crippen molar-refractivity contribution in [2.75, 3.05) is 7.11 Å². The van der Waals surface area contributed by atoms with Crippen molar-refractivity contribution in [2.24, 2.45) is 0 Å². The fraction of sp³-hybridized carbons (Fsp3) is 0.0714. The predicted octanol–water partition coefficient (Wildman–Crippen LogP) is 6.28. The topological polar surface area (TPSA) is 66.6 Å². The third-order valence-corrected chi connectivity index (χ3v) is 5.80. The molecular formula is C28H22N4O. The fourth-order valence-electron chi connectivity index (χ4n) is 4.18. The molecule has 5 heteroatoms. The summed E-state index contributed by atoms with van der Waals surface area (Å²) in [5, 5.41) is 0. The summed E-state index contributed by atoms with van der Waals surface area (Å²) in [5.74, 6) is 0.860. The highest BCUT2D eigenvalue weighted by molar-refractivity contribution is 5.86. The molecule has 0 radical (unpaired) electrons. The van der Waals surface area contributed by atoms with Gasteiger partial charge in [-0.3, -0.25) is 0 Å². The molecule has 0 spiro atoms. The summed E-state index contributed by atoms with van der Waals surface area (Å²) in [5.41, 5.74) is 10.2. The van der Waals surface area contributed by atoms with Gasteiger partial charge in [-0.25, -0.2) is 9.97 Å². The van der Waals surface area contributed by atoms with Crippen LogP contribution in [-0.4, -0.2) is 27.0 Å². The first-order valence-corrected chi connectivity index (χ1v) is 10.9. The van der Waals surface area contributed by atoms with Crippen LogP contribution in [0.4, 0.5) is 0 Å². The Labute approximate surface area is 191 Å².